The molecule has 0 N–H and O–H groups in total. The van der Waals surface area contributed by atoms with Crippen molar-refractivity contribution < 1.29 is 0 Å². The zero-order valence-corrected chi connectivity index (χ0v) is 14.1. The van der Waals surface area contributed by atoms with Gasteiger partial charge in [-0.2, -0.15) is 0 Å². The van der Waals surface area contributed by atoms with Crippen LogP contribution in [0.25, 0.3) is 0 Å². The Morgan fingerprint density at radius 2 is 1.91 bits per heavy atom. The predicted octanol–water partition coefficient (Wildman–Crippen LogP) is 3.60. The lowest BCUT2D eigenvalue weighted by molar-refractivity contribution is 0.0924. The zero-order valence-electron chi connectivity index (χ0n) is 13.2. The summed E-state index contributed by atoms with van der Waals surface area (Å²) < 4.78 is 0. The van der Waals surface area contributed by atoms with E-state index >= 15 is 0 Å². The molecular formula is C19H24N2S. The van der Waals surface area contributed by atoms with Crippen molar-refractivity contribution >= 4 is 11.3 Å². The van der Waals surface area contributed by atoms with E-state index in [1.165, 1.54) is 37.4 Å². The molecule has 2 aromatic rings. The van der Waals surface area contributed by atoms with Gasteiger partial charge in [0.25, 0.3) is 0 Å². The standard InChI is InChI=1S/C19H24N2S/c1-20-11-9-19(16-6-3-2-4-7-16)10-12-21(15-18(19)20)14-17-8-5-13-22-17/h2-8,13,18H,9-12,14-15H2,1H3/t18-,19+/m1/s1. The molecule has 0 aliphatic carbocycles. The molecule has 2 aliphatic rings. The molecule has 0 radical (unpaired) electrons. The molecule has 0 bridgehead atoms. The minimum absolute atomic E-state index is 0.377. The first-order chi connectivity index (χ1) is 10.8. The smallest absolute Gasteiger partial charge is 0.0328 e. The minimum atomic E-state index is 0.377. The zero-order chi connectivity index (χ0) is 15.0. The van der Waals surface area contributed by atoms with Gasteiger partial charge in [0.15, 0.2) is 0 Å². The summed E-state index contributed by atoms with van der Waals surface area (Å²) in [7, 11) is 2.31. The van der Waals surface area contributed by atoms with Crippen LogP contribution in [0.15, 0.2) is 47.8 Å². The van der Waals surface area contributed by atoms with Gasteiger partial charge in [0.1, 0.15) is 0 Å². The fraction of sp³-hybridized carbons (Fsp3) is 0.474. The summed E-state index contributed by atoms with van der Waals surface area (Å²) in [6.07, 6.45) is 2.60. The predicted molar refractivity (Wildman–Crippen MR) is 93.4 cm³/mol. The van der Waals surface area contributed by atoms with Crippen LogP contribution in [0, 0.1) is 0 Å². The van der Waals surface area contributed by atoms with E-state index < -0.39 is 0 Å². The Hall–Kier alpha value is -1.16. The van der Waals surface area contributed by atoms with Crippen LogP contribution in [0.2, 0.25) is 0 Å². The van der Waals surface area contributed by atoms with E-state index in [0.29, 0.717) is 11.5 Å². The van der Waals surface area contributed by atoms with Crippen molar-refractivity contribution in [3.05, 3.63) is 58.3 Å². The molecule has 1 aromatic heterocycles. The van der Waals surface area contributed by atoms with Crippen molar-refractivity contribution in [1.82, 2.24) is 9.80 Å². The number of likely N-dealkylation sites (N-methyl/N-ethyl adjacent to an activating group) is 1. The molecule has 0 unspecified atom stereocenters. The average molecular weight is 312 g/mol. The average Bonchev–Trinajstić information content (AvgIpc) is 3.18. The van der Waals surface area contributed by atoms with Crippen molar-refractivity contribution in [3.63, 3.8) is 0 Å². The van der Waals surface area contributed by atoms with Crippen LogP contribution in [0.1, 0.15) is 23.3 Å². The summed E-state index contributed by atoms with van der Waals surface area (Å²) in [5, 5.41) is 2.19. The molecule has 0 amide bonds. The number of hydrogen-bond acceptors (Lipinski definition) is 3. The van der Waals surface area contributed by atoms with Gasteiger partial charge in [-0.1, -0.05) is 36.4 Å². The van der Waals surface area contributed by atoms with Crippen molar-refractivity contribution in [2.45, 2.75) is 30.8 Å². The summed E-state index contributed by atoms with van der Waals surface area (Å²) >= 11 is 1.88. The van der Waals surface area contributed by atoms with E-state index in [2.05, 4.69) is 64.7 Å². The number of rotatable bonds is 3. The Balaban J connectivity index is 1.57. The molecule has 116 valence electrons. The van der Waals surface area contributed by atoms with Crippen molar-refractivity contribution in [2.75, 3.05) is 26.7 Å². The van der Waals surface area contributed by atoms with Gasteiger partial charge in [0.05, 0.1) is 0 Å². The third kappa shape index (κ3) is 2.41. The van der Waals surface area contributed by atoms with Crippen LogP contribution >= 0.6 is 11.3 Å². The topological polar surface area (TPSA) is 6.48 Å². The Morgan fingerprint density at radius 1 is 1.09 bits per heavy atom. The van der Waals surface area contributed by atoms with E-state index in [-0.39, 0.29) is 0 Å². The quantitative estimate of drug-likeness (QED) is 0.854. The summed E-state index contributed by atoms with van der Waals surface area (Å²) in [5.41, 5.74) is 1.93. The maximum atomic E-state index is 2.65. The highest BCUT2D eigenvalue weighted by atomic mass is 32.1. The van der Waals surface area contributed by atoms with Gasteiger partial charge in [-0.3, -0.25) is 4.90 Å². The van der Waals surface area contributed by atoms with Crippen LogP contribution in [-0.4, -0.2) is 42.5 Å². The highest BCUT2D eigenvalue weighted by molar-refractivity contribution is 7.09. The summed E-state index contributed by atoms with van der Waals surface area (Å²) in [6, 6.07) is 16.3. The van der Waals surface area contributed by atoms with E-state index in [1.807, 2.05) is 11.3 Å². The molecule has 3 heteroatoms. The molecule has 4 rings (SSSR count). The molecule has 2 aliphatic heterocycles. The molecule has 22 heavy (non-hydrogen) atoms. The molecule has 1 aromatic carbocycles. The molecular weight excluding hydrogens is 288 g/mol. The van der Waals surface area contributed by atoms with Gasteiger partial charge in [-0.05, 0) is 50.0 Å². The number of hydrogen-bond donors (Lipinski definition) is 0. The number of nitrogens with zero attached hydrogens (tertiary/aromatic N) is 2. The monoisotopic (exact) mass is 312 g/mol. The van der Waals surface area contributed by atoms with Crippen molar-refractivity contribution in [1.29, 1.82) is 0 Å². The summed E-state index contributed by atoms with van der Waals surface area (Å²) in [5.74, 6) is 0. The van der Waals surface area contributed by atoms with E-state index in [0.717, 1.165) is 6.54 Å². The normalized spacial score (nSPS) is 29.6. The molecule has 2 nitrogen and oxygen atoms in total. The molecule has 2 atom stereocenters. The minimum Gasteiger partial charge on any atom is -0.301 e. The highest BCUT2D eigenvalue weighted by Gasteiger charge is 2.49. The molecule has 0 saturated carbocycles. The Morgan fingerprint density at radius 3 is 2.68 bits per heavy atom. The van der Waals surface area contributed by atoms with Crippen molar-refractivity contribution in [2.24, 2.45) is 0 Å². The lowest BCUT2D eigenvalue weighted by Crippen LogP contribution is -2.54. The van der Waals surface area contributed by atoms with Gasteiger partial charge in [-0.15, -0.1) is 11.3 Å². The SMILES string of the molecule is CN1CC[C@@]2(c3ccccc3)CCN(Cc3cccs3)C[C@@H]12. The molecule has 2 fully saturated rings. The number of piperidine rings is 1. The Labute approximate surface area is 137 Å². The van der Waals surface area contributed by atoms with E-state index in [4.69, 9.17) is 0 Å². The Kier molecular flexibility index (Phi) is 3.81. The molecule has 2 saturated heterocycles. The molecule has 3 heterocycles. The number of benzene rings is 1. The fourth-order valence-electron chi connectivity index (χ4n) is 4.44. The van der Waals surface area contributed by atoms with Crippen LogP contribution in [0.5, 0.6) is 0 Å². The first-order valence-corrected chi connectivity index (χ1v) is 9.16. The lowest BCUT2D eigenvalue weighted by Gasteiger charge is -2.46. The van der Waals surface area contributed by atoms with Gasteiger partial charge in [-0.25, -0.2) is 0 Å². The first-order valence-electron chi connectivity index (χ1n) is 8.28. The van der Waals surface area contributed by atoms with Gasteiger partial charge >= 0.3 is 0 Å². The fourth-order valence-corrected chi connectivity index (χ4v) is 5.18. The first kappa shape index (κ1) is 14.4. The second kappa shape index (κ2) is 5.80. The second-order valence-electron chi connectivity index (χ2n) is 6.83. The third-order valence-electron chi connectivity index (χ3n) is 5.69. The summed E-state index contributed by atoms with van der Waals surface area (Å²) in [4.78, 5) is 6.74. The second-order valence-corrected chi connectivity index (χ2v) is 7.87. The third-order valence-corrected chi connectivity index (χ3v) is 6.56. The highest BCUT2D eigenvalue weighted by Crippen LogP contribution is 2.45. The number of fused-ring (bicyclic) bond motifs is 1. The largest absolute Gasteiger partial charge is 0.301 e. The van der Waals surface area contributed by atoms with E-state index in [9.17, 15) is 0 Å². The van der Waals surface area contributed by atoms with Crippen LogP contribution in [-0.2, 0) is 12.0 Å². The van der Waals surface area contributed by atoms with E-state index in [1.54, 1.807) is 5.56 Å². The summed E-state index contributed by atoms with van der Waals surface area (Å²) in [6.45, 7) is 4.76. The van der Waals surface area contributed by atoms with Crippen LogP contribution < -0.4 is 0 Å². The maximum Gasteiger partial charge on any atom is 0.0328 e. The lowest BCUT2D eigenvalue weighted by atomic mass is 9.69. The number of likely N-dealkylation sites (tertiary alicyclic amines) is 2. The van der Waals surface area contributed by atoms with Gasteiger partial charge < -0.3 is 4.90 Å². The molecule has 0 spiro atoms. The van der Waals surface area contributed by atoms with Crippen molar-refractivity contribution in [3.8, 4) is 0 Å². The Bertz CT molecular complexity index is 610. The van der Waals surface area contributed by atoms with Crippen LogP contribution in [0.3, 0.4) is 0 Å². The van der Waals surface area contributed by atoms with Crippen LogP contribution in [0.4, 0.5) is 0 Å². The van der Waals surface area contributed by atoms with Gasteiger partial charge in [0, 0.05) is 29.4 Å². The number of thiophene rings is 1. The van der Waals surface area contributed by atoms with Gasteiger partial charge in [0.2, 0.25) is 0 Å². The maximum absolute atomic E-state index is 2.65.